The van der Waals surface area contributed by atoms with Crippen molar-refractivity contribution in [3.63, 3.8) is 0 Å². The van der Waals surface area contributed by atoms with Gasteiger partial charge in [-0.1, -0.05) is 44.7 Å². The third-order valence-corrected chi connectivity index (χ3v) is 14.5. The minimum Gasteiger partial charge on any atom is -0.494 e. The predicted molar refractivity (Wildman–Crippen MR) is 213 cm³/mol. The van der Waals surface area contributed by atoms with Crippen molar-refractivity contribution in [1.82, 2.24) is 29.8 Å². The second-order valence-electron chi connectivity index (χ2n) is 16.6. The highest BCUT2D eigenvalue weighted by molar-refractivity contribution is 7.90. The molecular weight excluding hydrogens is 769 g/mol. The van der Waals surface area contributed by atoms with E-state index in [1.807, 2.05) is 0 Å². The summed E-state index contributed by atoms with van der Waals surface area (Å²) in [5, 5.41) is 5.33. The van der Waals surface area contributed by atoms with Gasteiger partial charge in [-0.3, -0.25) is 28.5 Å². The maximum Gasteiger partial charge on any atom is 0.408 e. The van der Waals surface area contributed by atoms with E-state index in [4.69, 9.17) is 19.2 Å². The van der Waals surface area contributed by atoms with E-state index in [0.717, 1.165) is 51.4 Å². The molecule has 3 heterocycles. The van der Waals surface area contributed by atoms with E-state index >= 15 is 0 Å². The summed E-state index contributed by atoms with van der Waals surface area (Å²) in [4.78, 5) is 76.7. The van der Waals surface area contributed by atoms with Gasteiger partial charge in [0.1, 0.15) is 41.6 Å². The van der Waals surface area contributed by atoms with Gasteiger partial charge in [0.05, 0.1) is 24.3 Å². The van der Waals surface area contributed by atoms with Crippen LogP contribution in [0.3, 0.4) is 0 Å². The van der Waals surface area contributed by atoms with Gasteiger partial charge in [-0.25, -0.2) is 13.2 Å². The lowest BCUT2D eigenvalue weighted by molar-refractivity contribution is -0.142. The number of para-hydroxylation sites is 1. The van der Waals surface area contributed by atoms with Gasteiger partial charge in [-0.15, -0.1) is 6.58 Å². The molecule has 5 aliphatic rings. The number of ether oxygens (including phenoxy) is 3. The first kappa shape index (κ1) is 41.5. The van der Waals surface area contributed by atoms with Gasteiger partial charge < -0.3 is 29.7 Å². The van der Waals surface area contributed by atoms with Crippen molar-refractivity contribution in [2.75, 3.05) is 13.7 Å². The number of nitrogens with one attached hydrogen (secondary N) is 3. The molecule has 16 nitrogen and oxygen atoms in total. The largest absolute Gasteiger partial charge is 0.494 e. The average Bonchev–Trinajstić information content (AvgIpc) is 3.54. The second kappa shape index (κ2) is 17.7. The smallest absolute Gasteiger partial charge is 0.408 e. The molecule has 3 aliphatic carbocycles. The van der Waals surface area contributed by atoms with Gasteiger partial charge in [0, 0.05) is 18.9 Å². The summed E-state index contributed by atoms with van der Waals surface area (Å²) >= 11 is 0. The molecule has 58 heavy (non-hydrogen) atoms. The molecule has 3 N–H and O–H groups in total. The predicted octanol–water partition coefficient (Wildman–Crippen LogP) is 3.70. The Morgan fingerprint density at radius 1 is 0.983 bits per heavy atom. The lowest BCUT2D eigenvalue weighted by Gasteiger charge is -2.32. The van der Waals surface area contributed by atoms with Crippen LogP contribution in [0.5, 0.6) is 11.8 Å². The Kier molecular flexibility index (Phi) is 12.6. The van der Waals surface area contributed by atoms with Crippen LogP contribution in [0.2, 0.25) is 0 Å². The number of rotatable bonds is 9. The molecule has 7 atom stereocenters. The number of nitrogens with zero attached hydrogens (tertiary/aromatic N) is 3. The monoisotopic (exact) mass is 824 g/mol. The van der Waals surface area contributed by atoms with Crippen molar-refractivity contribution in [3.05, 3.63) is 41.2 Å². The summed E-state index contributed by atoms with van der Waals surface area (Å²) in [7, 11) is -2.45. The zero-order valence-corrected chi connectivity index (χ0v) is 34.2. The number of fused-ring (bicyclic) bond motifs is 5. The Morgan fingerprint density at radius 2 is 1.71 bits per heavy atom. The van der Waals surface area contributed by atoms with Crippen molar-refractivity contribution in [2.24, 2.45) is 17.8 Å². The van der Waals surface area contributed by atoms with E-state index in [1.54, 1.807) is 25.1 Å². The third kappa shape index (κ3) is 8.98. The SMILES string of the molecule is C=C[C@H](C)C(NC(=O)[C@@H]1C[C@@H]2CN1C(=O)[C@H](C1CCCC1)NC(=O)O[C@@H]1CCC[C@H]1CCCCCn1c(nc3c(OC)cccc3c1=O)O2)C(=O)NS(=O)(=O)C1CC1. The average molecular weight is 825 g/mol. The molecular formula is C41H56N6O10S. The van der Waals surface area contributed by atoms with Gasteiger partial charge >= 0.3 is 6.09 Å². The maximum atomic E-state index is 14.9. The number of carbonyl (C=O) groups excluding carboxylic acids is 4. The van der Waals surface area contributed by atoms with Crippen molar-refractivity contribution in [2.45, 2.75) is 139 Å². The Bertz CT molecular complexity index is 2060. The lowest BCUT2D eigenvalue weighted by Crippen LogP contribution is -2.59. The molecule has 17 heteroatoms. The summed E-state index contributed by atoms with van der Waals surface area (Å²) in [5.74, 6) is -2.46. The van der Waals surface area contributed by atoms with Crippen LogP contribution >= 0.6 is 0 Å². The number of hydrogen-bond acceptors (Lipinski definition) is 11. The molecule has 3 saturated carbocycles. The molecule has 1 saturated heterocycles. The molecule has 0 spiro atoms. The molecule has 316 valence electrons. The molecule has 4 fully saturated rings. The van der Waals surface area contributed by atoms with Crippen LogP contribution in [0.1, 0.15) is 96.8 Å². The highest BCUT2D eigenvalue weighted by Crippen LogP contribution is 2.35. The summed E-state index contributed by atoms with van der Waals surface area (Å²) in [5.41, 5.74) is 0.00326. The summed E-state index contributed by atoms with van der Waals surface area (Å²) in [6.45, 7) is 5.59. The Labute approximate surface area is 338 Å². The number of benzene rings is 1. The fourth-order valence-corrected chi connectivity index (χ4v) is 10.5. The number of aromatic nitrogens is 2. The molecule has 0 radical (unpaired) electrons. The molecule has 2 bridgehead atoms. The quantitative estimate of drug-likeness (QED) is 0.311. The molecule has 1 aromatic carbocycles. The van der Waals surface area contributed by atoms with E-state index in [-0.39, 0.29) is 42.5 Å². The zero-order chi connectivity index (χ0) is 41.1. The van der Waals surface area contributed by atoms with Crippen LogP contribution < -0.4 is 30.4 Å². The summed E-state index contributed by atoms with van der Waals surface area (Å²) in [6.07, 6.45) is 9.39. The highest BCUT2D eigenvalue weighted by Gasteiger charge is 2.47. The molecule has 2 aliphatic heterocycles. The van der Waals surface area contributed by atoms with E-state index < -0.39 is 69.2 Å². The molecule has 1 aromatic heterocycles. The van der Waals surface area contributed by atoms with Crippen LogP contribution in [0.15, 0.2) is 35.6 Å². The lowest BCUT2D eigenvalue weighted by atomic mass is 9.96. The minimum atomic E-state index is -3.94. The van der Waals surface area contributed by atoms with E-state index in [2.05, 4.69) is 21.9 Å². The minimum absolute atomic E-state index is 0.0225. The fraction of sp³-hybridized carbons (Fsp3) is 0.659. The van der Waals surface area contributed by atoms with Crippen LogP contribution in [0.4, 0.5) is 4.79 Å². The van der Waals surface area contributed by atoms with Crippen LogP contribution in [-0.2, 0) is 35.7 Å². The number of hydrogen-bond donors (Lipinski definition) is 3. The fourth-order valence-electron chi connectivity index (χ4n) is 9.15. The van der Waals surface area contributed by atoms with Crippen LogP contribution in [0.25, 0.3) is 10.9 Å². The van der Waals surface area contributed by atoms with Gasteiger partial charge in [0.25, 0.3) is 17.5 Å². The topological polar surface area (TPSA) is 204 Å². The van der Waals surface area contributed by atoms with Crippen molar-refractivity contribution >= 4 is 44.7 Å². The Balaban J connectivity index is 1.25. The Hall–Kier alpha value is -4.67. The van der Waals surface area contributed by atoms with Crippen molar-refractivity contribution < 1.29 is 41.8 Å². The molecule has 4 amide bonds. The first-order chi connectivity index (χ1) is 27.9. The first-order valence-corrected chi connectivity index (χ1v) is 22.4. The number of alkyl carbamates (subject to hydrolysis) is 1. The van der Waals surface area contributed by atoms with Crippen molar-refractivity contribution in [3.8, 4) is 11.8 Å². The number of methoxy groups -OCH3 is 1. The standard InChI is InChI=1S/C41H56N6O10S/c1-4-24(2)33(37(49)45-58(53,54)28-19-20-28)42-36(48)30-22-27-23-47(30)39(51)34(26-13-7-8-14-26)44-41(52)57-31-17-10-15-25(31)12-6-5-9-21-46-38(50)29-16-11-18-32(55-3)35(29)43-40(46)56-27/h4,11,16,18,24-28,30-31,33-34H,1,5-10,12-15,17,19-23H2,2-3H3,(H,42,48)(H,44,52)(H,45,49)/t24-,25+,27+,30-,31+,33?,34-/m0/s1. The van der Waals surface area contributed by atoms with Crippen molar-refractivity contribution in [1.29, 1.82) is 0 Å². The molecule has 2 aromatic rings. The van der Waals surface area contributed by atoms with Gasteiger partial charge in [0.15, 0.2) is 0 Å². The number of amides is 4. The van der Waals surface area contributed by atoms with E-state index in [1.165, 1.54) is 22.7 Å². The number of carbonyl (C=O) groups is 4. The maximum absolute atomic E-state index is 14.9. The summed E-state index contributed by atoms with van der Waals surface area (Å²) < 4.78 is 47.3. The van der Waals surface area contributed by atoms with Crippen LogP contribution in [-0.4, -0.2) is 95.9 Å². The van der Waals surface area contributed by atoms with E-state index in [0.29, 0.717) is 55.3 Å². The first-order valence-electron chi connectivity index (χ1n) is 20.9. The molecule has 7 rings (SSSR count). The summed E-state index contributed by atoms with van der Waals surface area (Å²) in [6, 6.07) is 1.60. The highest BCUT2D eigenvalue weighted by atomic mass is 32.2. The molecule has 1 unspecified atom stereocenters. The van der Waals surface area contributed by atoms with Crippen LogP contribution in [0, 0.1) is 17.8 Å². The zero-order valence-electron chi connectivity index (χ0n) is 33.4. The van der Waals surface area contributed by atoms with Gasteiger partial charge in [-0.2, -0.15) is 4.98 Å². The van der Waals surface area contributed by atoms with Gasteiger partial charge in [-0.05, 0) is 81.8 Å². The van der Waals surface area contributed by atoms with E-state index in [9.17, 15) is 32.4 Å². The number of sulfonamides is 1. The normalized spacial score (nSPS) is 27.1. The Morgan fingerprint density at radius 3 is 2.43 bits per heavy atom. The second-order valence-corrected chi connectivity index (χ2v) is 18.6. The van der Waals surface area contributed by atoms with Gasteiger partial charge in [0.2, 0.25) is 21.8 Å². The third-order valence-electron chi connectivity index (χ3n) is 12.7.